The van der Waals surface area contributed by atoms with Gasteiger partial charge >= 0.3 is 0 Å². The molecule has 1 amide bonds. The molecule has 5 rings (SSSR count). The van der Waals surface area contributed by atoms with E-state index < -0.39 is 0 Å². The number of hydrogen-bond donors (Lipinski definition) is 1. The van der Waals surface area contributed by atoms with Crippen LogP contribution in [-0.2, 0) is 4.79 Å². The predicted molar refractivity (Wildman–Crippen MR) is 116 cm³/mol. The summed E-state index contributed by atoms with van der Waals surface area (Å²) >= 11 is 2.57. The molecule has 30 heavy (non-hydrogen) atoms. The van der Waals surface area contributed by atoms with E-state index in [1.165, 1.54) is 41.1 Å². The molecule has 0 spiro atoms. The quantitative estimate of drug-likeness (QED) is 0.366. The minimum absolute atomic E-state index is 0.0108. The summed E-state index contributed by atoms with van der Waals surface area (Å²) in [7, 11) is 0. The van der Waals surface area contributed by atoms with E-state index in [1.54, 1.807) is 16.1 Å². The fourth-order valence-corrected chi connectivity index (χ4v) is 4.78. The molecule has 3 heterocycles. The highest BCUT2D eigenvalue weighted by Gasteiger charge is 2.42. The Bertz CT molecular complexity index is 1260. The van der Waals surface area contributed by atoms with E-state index in [1.807, 2.05) is 18.2 Å². The summed E-state index contributed by atoms with van der Waals surface area (Å²) < 4.78 is 1.68. The minimum Gasteiger partial charge on any atom is -0.301 e. The van der Waals surface area contributed by atoms with Crippen LogP contribution in [0.15, 0.2) is 64.3 Å². The maximum absolute atomic E-state index is 13.2. The van der Waals surface area contributed by atoms with Gasteiger partial charge < -0.3 is 5.32 Å². The number of thiazole rings is 1. The Morgan fingerprint density at radius 3 is 2.80 bits per heavy atom. The number of hydrogen-bond acceptors (Lipinski definition) is 8. The normalized spacial score (nSPS) is 17.7. The van der Waals surface area contributed by atoms with Gasteiger partial charge in [-0.3, -0.25) is 14.2 Å². The number of fused-ring (bicyclic) bond motifs is 1. The maximum Gasteiger partial charge on any atom is 0.282 e. The Kier molecular flexibility index (Phi) is 5.01. The first-order valence-corrected chi connectivity index (χ1v) is 11.2. The van der Waals surface area contributed by atoms with Crippen molar-refractivity contribution in [3.63, 3.8) is 0 Å². The first kappa shape index (κ1) is 18.9. The highest BCUT2D eigenvalue weighted by Crippen LogP contribution is 2.51. The van der Waals surface area contributed by atoms with E-state index >= 15 is 0 Å². The second-order valence-electron chi connectivity index (χ2n) is 6.79. The zero-order valence-corrected chi connectivity index (χ0v) is 17.3. The average molecular weight is 437 g/mol. The van der Waals surface area contributed by atoms with E-state index in [2.05, 4.69) is 37.4 Å². The number of thioether (sulfide) groups is 1. The molecule has 2 unspecified atom stereocenters. The van der Waals surface area contributed by atoms with Gasteiger partial charge in [0.15, 0.2) is 21.5 Å². The van der Waals surface area contributed by atoms with Crippen LogP contribution in [0.4, 0.5) is 5.13 Å². The lowest BCUT2D eigenvalue weighted by Gasteiger charge is -2.12. The lowest BCUT2D eigenvalue weighted by Crippen LogP contribution is -2.25. The molecule has 1 fully saturated rings. The molecule has 10 heteroatoms. The second-order valence-corrected chi connectivity index (χ2v) is 8.63. The highest BCUT2D eigenvalue weighted by atomic mass is 32.2. The van der Waals surface area contributed by atoms with Gasteiger partial charge in [0.1, 0.15) is 0 Å². The number of aromatic nitrogens is 5. The van der Waals surface area contributed by atoms with Gasteiger partial charge in [0.25, 0.3) is 5.56 Å². The number of carbonyl (C=O) groups excluding carboxylic acids is 1. The van der Waals surface area contributed by atoms with Crippen molar-refractivity contribution in [2.75, 3.05) is 11.1 Å². The molecule has 1 aliphatic rings. The number of benzene rings is 1. The van der Waals surface area contributed by atoms with Crippen LogP contribution < -0.4 is 10.9 Å². The molecule has 0 bridgehead atoms. The summed E-state index contributed by atoms with van der Waals surface area (Å²) in [6, 6.07) is 10.1. The van der Waals surface area contributed by atoms with Crippen LogP contribution >= 0.6 is 23.1 Å². The Hall–Kier alpha value is -3.11. The molecular weight excluding hydrogens is 420 g/mol. The second kappa shape index (κ2) is 7.96. The van der Waals surface area contributed by atoms with Crippen LogP contribution in [0.25, 0.3) is 11.2 Å². The molecule has 1 aromatic carbocycles. The van der Waals surface area contributed by atoms with Gasteiger partial charge in [0, 0.05) is 35.9 Å². The standard InChI is InChI=1S/C20H16N6O2S2/c27-15(24-19-23-8-9-29-19)11-30-20-25-17-16(21-6-7-22-17)18(28)26(20)14-10-13(14)12-4-2-1-3-5-12/h1-9,13-14H,10-11H2,(H,23,24,27). The minimum atomic E-state index is -0.223. The molecule has 8 nitrogen and oxygen atoms in total. The predicted octanol–water partition coefficient (Wildman–Crippen LogP) is 3.10. The maximum atomic E-state index is 13.2. The average Bonchev–Trinajstić information content (AvgIpc) is 3.39. The molecule has 1 N–H and O–H groups in total. The molecule has 0 aliphatic heterocycles. The van der Waals surface area contributed by atoms with Crippen LogP contribution in [0.5, 0.6) is 0 Å². The van der Waals surface area contributed by atoms with Gasteiger partial charge in [-0.05, 0) is 12.0 Å². The molecule has 3 aromatic heterocycles. The van der Waals surface area contributed by atoms with E-state index in [0.717, 1.165) is 6.42 Å². The van der Waals surface area contributed by atoms with Crippen molar-refractivity contribution in [2.24, 2.45) is 0 Å². The summed E-state index contributed by atoms with van der Waals surface area (Å²) in [4.78, 5) is 42.5. The first-order valence-electron chi connectivity index (χ1n) is 9.31. The molecule has 2 atom stereocenters. The molecule has 1 aliphatic carbocycles. The lowest BCUT2D eigenvalue weighted by molar-refractivity contribution is -0.113. The van der Waals surface area contributed by atoms with E-state index in [-0.39, 0.29) is 34.7 Å². The molecule has 0 saturated heterocycles. The SMILES string of the molecule is O=C(CSc1nc2nccnc2c(=O)n1C1CC1c1ccccc1)Nc1nccs1. The van der Waals surface area contributed by atoms with Crippen molar-refractivity contribution in [2.45, 2.75) is 23.5 Å². The monoisotopic (exact) mass is 436 g/mol. The van der Waals surface area contributed by atoms with Crippen molar-refractivity contribution in [1.82, 2.24) is 24.5 Å². The van der Waals surface area contributed by atoms with Gasteiger partial charge in [-0.25, -0.2) is 19.9 Å². The van der Waals surface area contributed by atoms with Crippen LogP contribution in [0.2, 0.25) is 0 Å². The zero-order valence-electron chi connectivity index (χ0n) is 15.6. The summed E-state index contributed by atoms with van der Waals surface area (Å²) in [6.45, 7) is 0. The summed E-state index contributed by atoms with van der Waals surface area (Å²) in [5.41, 5.74) is 1.50. The van der Waals surface area contributed by atoms with Gasteiger partial charge in [-0.1, -0.05) is 42.1 Å². The fraction of sp³-hybridized carbons (Fsp3) is 0.200. The Labute approximate surface area is 179 Å². The Morgan fingerprint density at radius 1 is 1.17 bits per heavy atom. The van der Waals surface area contributed by atoms with Crippen LogP contribution in [-0.4, -0.2) is 36.2 Å². The topological polar surface area (TPSA) is 103 Å². The lowest BCUT2D eigenvalue weighted by atomic mass is 10.1. The number of amides is 1. The van der Waals surface area contributed by atoms with Crippen molar-refractivity contribution in [3.8, 4) is 0 Å². The van der Waals surface area contributed by atoms with Crippen LogP contribution in [0.3, 0.4) is 0 Å². The number of anilines is 1. The van der Waals surface area contributed by atoms with Gasteiger partial charge in [-0.15, -0.1) is 11.3 Å². The van der Waals surface area contributed by atoms with Gasteiger partial charge in [0.2, 0.25) is 5.91 Å². The summed E-state index contributed by atoms with van der Waals surface area (Å²) in [5.74, 6) is 0.147. The van der Waals surface area contributed by atoms with Crippen molar-refractivity contribution in [3.05, 3.63) is 70.2 Å². The molecule has 150 valence electrons. The summed E-state index contributed by atoms with van der Waals surface area (Å²) in [6.07, 6.45) is 5.47. The highest BCUT2D eigenvalue weighted by molar-refractivity contribution is 7.99. The van der Waals surface area contributed by atoms with E-state index in [0.29, 0.717) is 15.9 Å². The van der Waals surface area contributed by atoms with Crippen molar-refractivity contribution in [1.29, 1.82) is 0 Å². The Morgan fingerprint density at radius 2 is 2.00 bits per heavy atom. The van der Waals surface area contributed by atoms with E-state index in [4.69, 9.17) is 0 Å². The van der Waals surface area contributed by atoms with E-state index in [9.17, 15) is 9.59 Å². The van der Waals surface area contributed by atoms with Crippen LogP contribution in [0, 0.1) is 0 Å². The molecule has 0 radical (unpaired) electrons. The first-order chi connectivity index (χ1) is 14.7. The number of carbonyl (C=O) groups is 1. The third-order valence-corrected chi connectivity index (χ3v) is 6.48. The smallest absolute Gasteiger partial charge is 0.282 e. The van der Waals surface area contributed by atoms with Crippen molar-refractivity contribution < 1.29 is 4.79 Å². The number of nitrogens with zero attached hydrogens (tertiary/aromatic N) is 5. The third kappa shape index (κ3) is 3.71. The largest absolute Gasteiger partial charge is 0.301 e. The third-order valence-electron chi connectivity index (χ3n) is 4.84. The zero-order chi connectivity index (χ0) is 20.5. The molecule has 4 aromatic rings. The Balaban J connectivity index is 1.45. The molecule has 1 saturated carbocycles. The van der Waals surface area contributed by atoms with Crippen LogP contribution in [0.1, 0.15) is 23.9 Å². The fourth-order valence-electron chi connectivity index (χ4n) is 3.40. The number of nitrogens with one attached hydrogen (secondary N) is 1. The van der Waals surface area contributed by atoms with Gasteiger partial charge in [0.05, 0.1) is 5.75 Å². The van der Waals surface area contributed by atoms with Crippen molar-refractivity contribution >= 4 is 45.3 Å². The molecular formula is C20H16N6O2S2. The van der Waals surface area contributed by atoms with Gasteiger partial charge in [-0.2, -0.15) is 0 Å². The summed E-state index contributed by atoms with van der Waals surface area (Å²) in [5, 5.41) is 5.56. The number of rotatable bonds is 6.